The average Bonchev–Trinajstić information content (AvgIpc) is 3.46. The molecule has 0 spiro atoms. The smallest absolute Gasteiger partial charge is 0.311 e. The van der Waals surface area contributed by atoms with Crippen molar-refractivity contribution in [2.75, 3.05) is 12.8 Å². The maximum atomic E-state index is 14.1. The highest BCUT2D eigenvalue weighted by Gasteiger charge is 2.31. The van der Waals surface area contributed by atoms with Crippen molar-refractivity contribution in [2.45, 2.75) is 78.7 Å². The van der Waals surface area contributed by atoms with E-state index in [2.05, 4.69) is 25.3 Å². The number of nitrogen functional groups attached to an aromatic ring is 1. The molecule has 1 atom stereocenters. The molecule has 4 aromatic rings. The van der Waals surface area contributed by atoms with E-state index in [4.69, 9.17) is 10.2 Å². The fourth-order valence-electron chi connectivity index (χ4n) is 3.72. The van der Waals surface area contributed by atoms with Crippen LogP contribution in [0.25, 0.3) is 16.6 Å². The summed E-state index contributed by atoms with van der Waals surface area (Å²) in [5.41, 5.74) is 6.09. The second-order valence-corrected chi connectivity index (χ2v) is 8.39. The molecule has 12 heteroatoms. The third-order valence-corrected chi connectivity index (χ3v) is 5.92. The van der Waals surface area contributed by atoms with Gasteiger partial charge in [-0.3, -0.25) is 4.79 Å². The number of nitrogens with zero attached hydrogens (tertiary/aromatic N) is 7. The summed E-state index contributed by atoms with van der Waals surface area (Å²) in [5.74, 6) is -0.614. The van der Waals surface area contributed by atoms with E-state index in [9.17, 15) is 13.6 Å². The zero-order valence-corrected chi connectivity index (χ0v) is 22.1. The molecular weight excluding hydrogens is 482 g/mol. The topological polar surface area (TPSA) is 128 Å². The number of carbonyl (C=O) groups excluding carboxylic acids is 1. The Morgan fingerprint density at radius 1 is 1.19 bits per heavy atom. The van der Waals surface area contributed by atoms with Gasteiger partial charge in [-0.05, 0) is 38.7 Å². The molecule has 2 N–H and O–H groups in total. The van der Waals surface area contributed by atoms with E-state index >= 15 is 0 Å². The van der Waals surface area contributed by atoms with Gasteiger partial charge in [-0.25, -0.2) is 18.7 Å². The standard InChI is InChI=1S/C21H22F2N8O2.2C2H6/c1-10(30(2)20(32)19-28-27-18(33-19)11-6-7-11)4-3-5-15-25-17-13-8-12(22)9-14(23)16(13)26-21(24)31(17)29-15;2*1-2/h8-11H,3-7H2,1-2H3,(H2,24,26);2*1-2H3/t10-;;/m0../s1. The Morgan fingerprint density at radius 2 is 1.89 bits per heavy atom. The van der Waals surface area contributed by atoms with Crippen LogP contribution in [0.5, 0.6) is 0 Å². The van der Waals surface area contributed by atoms with Gasteiger partial charge in [0.2, 0.25) is 11.8 Å². The predicted octanol–water partition coefficient (Wildman–Crippen LogP) is 4.93. The average molecular weight is 517 g/mol. The third kappa shape index (κ3) is 6.00. The van der Waals surface area contributed by atoms with Gasteiger partial charge >= 0.3 is 11.8 Å². The lowest BCUT2D eigenvalue weighted by molar-refractivity contribution is 0.0693. The van der Waals surface area contributed by atoms with E-state index in [1.165, 1.54) is 4.52 Å². The molecule has 1 aromatic carbocycles. The van der Waals surface area contributed by atoms with Crippen molar-refractivity contribution < 1.29 is 18.0 Å². The summed E-state index contributed by atoms with van der Waals surface area (Å²) in [5, 5.41) is 12.4. The van der Waals surface area contributed by atoms with Gasteiger partial charge in [0.25, 0.3) is 0 Å². The minimum absolute atomic E-state index is 0.00239. The highest BCUT2D eigenvalue weighted by Crippen LogP contribution is 2.39. The van der Waals surface area contributed by atoms with Crippen LogP contribution < -0.4 is 5.73 Å². The van der Waals surface area contributed by atoms with E-state index in [-0.39, 0.29) is 46.3 Å². The van der Waals surface area contributed by atoms with Crippen LogP contribution >= 0.6 is 0 Å². The summed E-state index contributed by atoms with van der Waals surface area (Å²) in [7, 11) is 1.69. The second kappa shape index (κ2) is 12.0. The van der Waals surface area contributed by atoms with Crippen LogP contribution in [0.3, 0.4) is 0 Å². The van der Waals surface area contributed by atoms with E-state index in [0.29, 0.717) is 31.0 Å². The molecule has 10 nitrogen and oxygen atoms in total. The van der Waals surface area contributed by atoms with Crippen molar-refractivity contribution in [1.29, 1.82) is 0 Å². The molecule has 3 aromatic heterocycles. The number of nitrogens with two attached hydrogens (primary N) is 1. The molecule has 0 unspecified atom stereocenters. The number of fused-ring (bicyclic) bond motifs is 3. The zero-order chi connectivity index (χ0) is 27.3. The molecule has 1 amide bonds. The Labute approximate surface area is 214 Å². The van der Waals surface area contributed by atoms with Crippen molar-refractivity contribution in [3.05, 3.63) is 41.4 Å². The van der Waals surface area contributed by atoms with E-state index in [0.717, 1.165) is 25.0 Å². The quantitative estimate of drug-likeness (QED) is 0.366. The highest BCUT2D eigenvalue weighted by atomic mass is 19.1. The number of aryl methyl sites for hydroxylation is 1. The summed E-state index contributed by atoms with van der Waals surface area (Å²) < 4.78 is 34.6. The minimum atomic E-state index is -0.809. The monoisotopic (exact) mass is 516 g/mol. The Balaban J connectivity index is 0.000000907. The van der Waals surface area contributed by atoms with Gasteiger partial charge in [0.15, 0.2) is 17.3 Å². The molecule has 1 aliphatic rings. The molecule has 37 heavy (non-hydrogen) atoms. The first kappa shape index (κ1) is 27.9. The van der Waals surface area contributed by atoms with E-state index in [1.54, 1.807) is 11.9 Å². The molecule has 200 valence electrons. The number of amides is 1. The third-order valence-electron chi connectivity index (χ3n) is 5.92. The van der Waals surface area contributed by atoms with Gasteiger partial charge in [0, 0.05) is 31.5 Å². The van der Waals surface area contributed by atoms with Crippen LogP contribution in [0.1, 0.15) is 88.6 Å². The summed E-state index contributed by atoms with van der Waals surface area (Å²) in [4.78, 5) is 22.6. The van der Waals surface area contributed by atoms with Crippen LogP contribution in [-0.4, -0.2) is 53.7 Å². The lowest BCUT2D eigenvalue weighted by Crippen LogP contribution is -2.35. The molecule has 1 fully saturated rings. The fourth-order valence-corrected chi connectivity index (χ4v) is 3.72. The van der Waals surface area contributed by atoms with Gasteiger partial charge in [0.1, 0.15) is 11.3 Å². The summed E-state index contributed by atoms with van der Waals surface area (Å²) in [6.07, 6.45) is 3.85. The van der Waals surface area contributed by atoms with Crippen molar-refractivity contribution in [3.63, 3.8) is 0 Å². The van der Waals surface area contributed by atoms with Gasteiger partial charge in [0.05, 0.1) is 5.39 Å². The summed E-state index contributed by atoms with van der Waals surface area (Å²) in [6.45, 7) is 9.92. The van der Waals surface area contributed by atoms with Crippen LogP contribution in [0.2, 0.25) is 0 Å². The van der Waals surface area contributed by atoms with Crippen LogP contribution in [0, 0.1) is 11.6 Å². The van der Waals surface area contributed by atoms with E-state index < -0.39 is 11.6 Å². The zero-order valence-electron chi connectivity index (χ0n) is 22.1. The van der Waals surface area contributed by atoms with Crippen LogP contribution in [0.4, 0.5) is 14.7 Å². The molecule has 1 aliphatic carbocycles. The molecular formula is C25H34F2N8O2. The number of rotatable bonds is 7. The van der Waals surface area contributed by atoms with Crippen molar-refractivity contribution >= 4 is 28.4 Å². The lowest BCUT2D eigenvalue weighted by atomic mass is 10.1. The van der Waals surface area contributed by atoms with Crippen molar-refractivity contribution in [1.82, 2.24) is 34.7 Å². The second-order valence-electron chi connectivity index (χ2n) is 8.39. The molecule has 3 heterocycles. The first-order valence-corrected chi connectivity index (χ1v) is 12.7. The first-order valence-electron chi connectivity index (χ1n) is 12.7. The number of anilines is 1. The van der Waals surface area contributed by atoms with E-state index in [1.807, 2.05) is 34.6 Å². The number of halogens is 2. The van der Waals surface area contributed by atoms with Crippen molar-refractivity contribution in [3.8, 4) is 0 Å². The van der Waals surface area contributed by atoms with Gasteiger partial charge in [-0.15, -0.1) is 15.3 Å². The summed E-state index contributed by atoms with van der Waals surface area (Å²) >= 11 is 0. The van der Waals surface area contributed by atoms with Crippen molar-refractivity contribution in [2.24, 2.45) is 0 Å². The molecule has 0 radical (unpaired) electrons. The lowest BCUT2D eigenvalue weighted by Gasteiger charge is -2.23. The maximum absolute atomic E-state index is 14.1. The highest BCUT2D eigenvalue weighted by molar-refractivity contribution is 5.92. The number of hydrogen-bond acceptors (Lipinski definition) is 8. The van der Waals surface area contributed by atoms with Gasteiger partial charge < -0.3 is 15.1 Å². The molecule has 0 saturated heterocycles. The fraction of sp³-hybridized carbons (Fsp3) is 0.520. The molecule has 0 bridgehead atoms. The van der Waals surface area contributed by atoms with Gasteiger partial charge in [-0.1, -0.05) is 27.7 Å². The van der Waals surface area contributed by atoms with Gasteiger partial charge in [-0.2, -0.15) is 4.52 Å². The number of hydrogen-bond donors (Lipinski definition) is 1. The Kier molecular flexibility index (Phi) is 9.06. The largest absolute Gasteiger partial charge is 0.417 e. The van der Waals surface area contributed by atoms with Crippen LogP contribution in [-0.2, 0) is 6.42 Å². The minimum Gasteiger partial charge on any atom is -0.417 e. The Bertz CT molecular complexity index is 1370. The first-order chi connectivity index (χ1) is 17.8. The normalized spacial score (nSPS) is 13.5. The number of carbonyl (C=O) groups is 1. The number of aromatic nitrogens is 6. The molecule has 5 rings (SSSR count). The molecule has 1 saturated carbocycles. The summed E-state index contributed by atoms with van der Waals surface area (Å²) in [6, 6.07) is 1.82. The predicted molar refractivity (Wildman–Crippen MR) is 136 cm³/mol. The maximum Gasteiger partial charge on any atom is 0.311 e. The Hall–Kier alpha value is -3.70. The van der Waals surface area contributed by atoms with Crippen LogP contribution in [0.15, 0.2) is 16.5 Å². The Morgan fingerprint density at radius 3 is 2.57 bits per heavy atom. The molecule has 0 aliphatic heterocycles. The SMILES string of the molecule is CC.CC.C[C@@H](CCCc1nc2c3cc(F)cc(F)c3nc(N)n2n1)N(C)C(=O)c1nnc(C2CC2)o1. The number of benzene rings is 1.